The third kappa shape index (κ3) is 9.43. The van der Waals surface area contributed by atoms with E-state index in [1.54, 1.807) is 0 Å². The molecule has 0 rings (SSSR count). The Morgan fingerprint density at radius 3 is 1.21 bits per heavy atom. The SMILES string of the molecule is CCC(COCC(=O)NC)(COCC(=O)NC)COCC(=O)NC. The molecule has 0 saturated heterocycles. The summed E-state index contributed by atoms with van der Waals surface area (Å²) in [6.07, 6.45) is 0.627. The Hall–Kier alpha value is -1.71. The van der Waals surface area contributed by atoms with Crippen LogP contribution in [0.4, 0.5) is 0 Å². The molecule has 0 aromatic rings. The summed E-state index contributed by atoms with van der Waals surface area (Å²) in [5.41, 5.74) is -0.559. The number of hydrogen-bond acceptors (Lipinski definition) is 6. The smallest absolute Gasteiger partial charge is 0.245 e. The molecule has 0 aromatic carbocycles. The van der Waals surface area contributed by atoms with Gasteiger partial charge in [-0.25, -0.2) is 0 Å². The maximum absolute atomic E-state index is 11.3. The molecule has 3 N–H and O–H groups in total. The Balaban J connectivity index is 4.63. The molecular weight excluding hydrogens is 318 g/mol. The predicted molar refractivity (Wildman–Crippen MR) is 87.4 cm³/mol. The Kier molecular flexibility index (Phi) is 11.8. The highest BCUT2D eigenvalue weighted by Gasteiger charge is 2.30. The minimum absolute atomic E-state index is 0.0802. The lowest BCUT2D eigenvalue weighted by molar-refractivity contribution is -0.134. The highest BCUT2D eigenvalue weighted by molar-refractivity contribution is 5.77. The number of amides is 3. The molecule has 3 amide bonds. The second kappa shape index (κ2) is 12.7. The van der Waals surface area contributed by atoms with Crippen LogP contribution in [0.5, 0.6) is 0 Å². The van der Waals surface area contributed by atoms with Crippen molar-refractivity contribution in [2.24, 2.45) is 5.41 Å². The van der Waals surface area contributed by atoms with E-state index >= 15 is 0 Å². The molecule has 0 unspecified atom stereocenters. The first-order valence-electron chi connectivity index (χ1n) is 7.78. The normalized spacial score (nSPS) is 11.0. The first kappa shape index (κ1) is 22.3. The monoisotopic (exact) mass is 347 g/mol. The van der Waals surface area contributed by atoms with Crippen molar-refractivity contribution in [1.82, 2.24) is 16.0 Å². The average molecular weight is 347 g/mol. The highest BCUT2D eigenvalue weighted by Crippen LogP contribution is 2.24. The number of carbonyl (C=O) groups excluding carboxylic acids is 3. The molecule has 0 radical (unpaired) electrons. The van der Waals surface area contributed by atoms with Crippen LogP contribution in [0, 0.1) is 5.41 Å². The van der Waals surface area contributed by atoms with Crippen molar-refractivity contribution >= 4 is 17.7 Å². The van der Waals surface area contributed by atoms with E-state index in [-0.39, 0.29) is 57.4 Å². The molecule has 140 valence electrons. The van der Waals surface area contributed by atoms with Gasteiger partial charge in [0.15, 0.2) is 0 Å². The Morgan fingerprint density at radius 1 is 0.708 bits per heavy atom. The van der Waals surface area contributed by atoms with Crippen molar-refractivity contribution in [1.29, 1.82) is 0 Å². The summed E-state index contributed by atoms with van der Waals surface area (Å²) in [7, 11) is 4.58. The number of hydrogen-bond donors (Lipinski definition) is 3. The lowest BCUT2D eigenvalue weighted by atomic mass is 9.88. The van der Waals surface area contributed by atoms with Crippen molar-refractivity contribution in [2.75, 3.05) is 60.8 Å². The van der Waals surface area contributed by atoms with Crippen LogP contribution in [-0.4, -0.2) is 78.5 Å². The summed E-state index contributed by atoms with van der Waals surface area (Å²) in [5.74, 6) is -0.715. The van der Waals surface area contributed by atoms with Crippen LogP contribution >= 0.6 is 0 Å². The van der Waals surface area contributed by atoms with Gasteiger partial charge in [-0.2, -0.15) is 0 Å². The van der Waals surface area contributed by atoms with E-state index in [1.165, 1.54) is 21.1 Å². The molecule has 0 atom stereocenters. The fourth-order valence-electron chi connectivity index (χ4n) is 1.73. The number of nitrogens with one attached hydrogen (secondary N) is 3. The van der Waals surface area contributed by atoms with Crippen LogP contribution in [0.3, 0.4) is 0 Å². The van der Waals surface area contributed by atoms with Crippen molar-refractivity contribution < 1.29 is 28.6 Å². The summed E-state index contributed by atoms with van der Waals surface area (Å²) in [6.45, 7) is 2.31. The molecule has 0 spiro atoms. The van der Waals surface area contributed by atoms with Gasteiger partial charge in [0.1, 0.15) is 19.8 Å². The van der Waals surface area contributed by atoms with Crippen LogP contribution in [0.2, 0.25) is 0 Å². The molecule has 0 fully saturated rings. The number of likely N-dealkylation sites (N-methyl/N-ethyl adjacent to an activating group) is 3. The van der Waals surface area contributed by atoms with Gasteiger partial charge >= 0.3 is 0 Å². The molecule has 0 bridgehead atoms. The van der Waals surface area contributed by atoms with Gasteiger partial charge in [0.25, 0.3) is 0 Å². The van der Waals surface area contributed by atoms with Crippen molar-refractivity contribution in [3.05, 3.63) is 0 Å². The van der Waals surface area contributed by atoms with Crippen LogP contribution in [-0.2, 0) is 28.6 Å². The second-order valence-corrected chi connectivity index (χ2v) is 5.35. The van der Waals surface area contributed by atoms with E-state index in [0.29, 0.717) is 6.42 Å². The lowest BCUT2D eigenvalue weighted by Crippen LogP contribution is -2.40. The average Bonchev–Trinajstić information content (AvgIpc) is 2.60. The van der Waals surface area contributed by atoms with E-state index < -0.39 is 5.41 Å². The fraction of sp³-hybridized carbons (Fsp3) is 0.800. The molecule has 24 heavy (non-hydrogen) atoms. The summed E-state index contributed by atoms with van der Waals surface area (Å²) < 4.78 is 16.3. The molecule has 0 aromatic heterocycles. The zero-order valence-corrected chi connectivity index (χ0v) is 14.9. The van der Waals surface area contributed by atoms with E-state index in [1.807, 2.05) is 6.92 Å². The number of carbonyl (C=O) groups is 3. The first-order chi connectivity index (χ1) is 11.4. The number of rotatable bonds is 13. The summed E-state index contributed by atoms with van der Waals surface area (Å²) >= 11 is 0. The largest absolute Gasteiger partial charge is 0.371 e. The molecule has 9 nitrogen and oxygen atoms in total. The zero-order chi connectivity index (χ0) is 18.4. The quantitative estimate of drug-likeness (QED) is 0.380. The fourth-order valence-corrected chi connectivity index (χ4v) is 1.73. The summed E-state index contributed by atoms with van der Waals surface area (Å²) in [4.78, 5) is 33.8. The molecular formula is C15H29N3O6. The van der Waals surface area contributed by atoms with E-state index in [9.17, 15) is 14.4 Å². The van der Waals surface area contributed by atoms with Gasteiger partial charge in [0, 0.05) is 26.6 Å². The topological polar surface area (TPSA) is 115 Å². The van der Waals surface area contributed by atoms with Crippen molar-refractivity contribution in [3.63, 3.8) is 0 Å². The van der Waals surface area contributed by atoms with Gasteiger partial charge < -0.3 is 30.2 Å². The Labute approximate surface area is 142 Å². The molecule has 0 aliphatic heterocycles. The van der Waals surface area contributed by atoms with Crippen LogP contribution in [0.25, 0.3) is 0 Å². The molecule has 0 aliphatic carbocycles. The minimum atomic E-state index is -0.559. The van der Waals surface area contributed by atoms with Gasteiger partial charge in [0.2, 0.25) is 17.7 Å². The van der Waals surface area contributed by atoms with Crippen molar-refractivity contribution in [2.45, 2.75) is 13.3 Å². The Bertz CT molecular complexity index is 348. The highest BCUT2D eigenvalue weighted by atomic mass is 16.5. The summed E-state index contributed by atoms with van der Waals surface area (Å²) in [6, 6.07) is 0. The first-order valence-corrected chi connectivity index (χ1v) is 7.78. The van der Waals surface area contributed by atoms with Gasteiger partial charge in [0.05, 0.1) is 19.8 Å². The third-order valence-electron chi connectivity index (χ3n) is 3.51. The Morgan fingerprint density at radius 2 is 1.00 bits per heavy atom. The van der Waals surface area contributed by atoms with Gasteiger partial charge in [-0.3, -0.25) is 14.4 Å². The molecule has 9 heteroatoms. The summed E-state index contributed by atoms with van der Waals surface area (Å²) in [5, 5.41) is 7.41. The zero-order valence-electron chi connectivity index (χ0n) is 14.9. The minimum Gasteiger partial charge on any atom is -0.371 e. The molecule has 0 aliphatic rings. The standard InChI is InChI=1S/C15H29N3O6/c1-5-15(9-22-6-12(19)16-2,10-23-7-13(20)17-3)11-24-8-14(21)18-4/h5-11H2,1-4H3,(H,16,19)(H,17,20)(H,18,21). The van der Waals surface area contributed by atoms with Crippen LogP contribution in [0.1, 0.15) is 13.3 Å². The van der Waals surface area contributed by atoms with Crippen LogP contribution < -0.4 is 16.0 Å². The van der Waals surface area contributed by atoms with E-state index in [0.717, 1.165) is 0 Å². The third-order valence-corrected chi connectivity index (χ3v) is 3.51. The van der Waals surface area contributed by atoms with Gasteiger partial charge in [-0.15, -0.1) is 0 Å². The van der Waals surface area contributed by atoms with E-state index in [4.69, 9.17) is 14.2 Å². The van der Waals surface area contributed by atoms with Gasteiger partial charge in [-0.1, -0.05) is 6.92 Å². The maximum Gasteiger partial charge on any atom is 0.245 e. The van der Waals surface area contributed by atoms with Gasteiger partial charge in [-0.05, 0) is 6.42 Å². The number of ether oxygens (including phenoxy) is 3. The second-order valence-electron chi connectivity index (χ2n) is 5.35. The molecule has 0 saturated carbocycles. The molecule has 0 heterocycles. The van der Waals surface area contributed by atoms with E-state index in [2.05, 4.69) is 16.0 Å². The lowest BCUT2D eigenvalue weighted by Gasteiger charge is -2.31. The predicted octanol–water partition coefficient (Wildman–Crippen LogP) is -1.33. The van der Waals surface area contributed by atoms with Crippen LogP contribution in [0.15, 0.2) is 0 Å². The van der Waals surface area contributed by atoms with Crippen molar-refractivity contribution in [3.8, 4) is 0 Å². The maximum atomic E-state index is 11.3.